The molecule has 2 aliphatic rings. The molecule has 2 aliphatic carbocycles. The summed E-state index contributed by atoms with van der Waals surface area (Å²) >= 11 is 0. The molecule has 0 aliphatic heterocycles. The van der Waals surface area contributed by atoms with Gasteiger partial charge in [0.15, 0.2) is 5.75 Å². The number of carboxylic acids is 1. The number of nitrogens with one attached hydrogen (secondary N) is 1. The Kier molecular flexibility index (Phi) is 19.5. The van der Waals surface area contributed by atoms with Crippen LogP contribution in [0.2, 0.25) is 0 Å². The second-order valence-electron chi connectivity index (χ2n) is 11.0. The molecule has 2 N–H and O–H groups in total. The highest BCUT2D eigenvalue weighted by molar-refractivity contribution is 5.70. The molecule has 2 saturated carbocycles. The van der Waals surface area contributed by atoms with E-state index >= 15 is 0 Å². The summed E-state index contributed by atoms with van der Waals surface area (Å²) < 4.78 is 12.1. The van der Waals surface area contributed by atoms with Crippen LogP contribution in [0.4, 0.5) is 4.53 Å². The molecule has 2 fully saturated rings. The highest BCUT2D eigenvalue weighted by Gasteiger charge is 2.29. The first kappa shape index (κ1) is 36.8. The van der Waals surface area contributed by atoms with E-state index in [2.05, 4.69) is 42.1 Å². The van der Waals surface area contributed by atoms with Crippen molar-refractivity contribution in [2.75, 3.05) is 6.54 Å². The number of hydrogen-bond acceptors (Lipinski definition) is 4. The average Bonchev–Trinajstić information content (AvgIpc) is 3.46. The molecule has 2 atom stereocenters. The number of carbonyl (C=O) groups is 1. The van der Waals surface area contributed by atoms with Crippen LogP contribution >= 0.6 is 0 Å². The highest BCUT2D eigenvalue weighted by atomic mass is 19.3. The molecule has 224 valence electrons. The van der Waals surface area contributed by atoms with Crippen molar-refractivity contribution in [3.05, 3.63) is 41.7 Å². The van der Waals surface area contributed by atoms with E-state index in [1.807, 2.05) is 47.6 Å². The van der Waals surface area contributed by atoms with Crippen LogP contribution < -0.4 is 10.3 Å². The van der Waals surface area contributed by atoms with Crippen LogP contribution in [0.3, 0.4) is 0 Å². The number of aromatic nitrogens is 1. The third-order valence-electron chi connectivity index (χ3n) is 7.47. The van der Waals surface area contributed by atoms with Crippen molar-refractivity contribution >= 4 is 11.5 Å². The molecule has 39 heavy (non-hydrogen) atoms. The smallest absolute Gasteiger partial charge is 0.306 e. The molecule has 0 saturated heterocycles. The fourth-order valence-corrected chi connectivity index (χ4v) is 5.06. The minimum Gasteiger partial charge on any atom is -0.481 e. The zero-order chi connectivity index (χ0) is 29.8. The predicted molar refractivity (Wildman–Crippen MR) is 163 cm³/mol. The van der Waals surface area contributed by atoms with Gasteiger partial charge in [-0.25, -0.2) is 0 Å². The SMILES string of the molecule is C/C=C(\C=C(/CC)c1ccc(OF)cn1)CNC1CCC(C(=O)O)C1.CC.CC.CC(C)(C)C1CCCCC1. The van der Waals surface area contributed by atoms with Gasteiger partial charge < -0.3 is 10.4 Å². The van der Waals surface area contributed by atoms with Gasteiger partial charge in [0.05, 0.1) is 17.8 Å². The Morgan fingerprint density at radius 1 is 1.10 bits per heavy atom. The van der Waals surface area contributed by atoms with Crippen LogP contribution in [-0.2, 0) is 4.79 Å². The van der Waals surface area contributed by atoms with Gasteiger partial charge in [-0.05, 0) is 80.1 Å². The second kappa shape index (κ2) is 20.7. The first-order valence-electron chi connectivity index (χ1n) is 15.2. The summed E-state index contributed by atoms with van der Waals surface area (Å²) in [5.41, 5.74) is 3.52. The van der Waals surface area contributed by atoms with Crippen LogP contribution in [0.5, 0.6) is 5.75 Å². The monoisotopic (exact) mass is 548 g/mol. The van der Waals surface area contributed by atoms with E-state index < -0.39 is 5.97 Å². The minimum atomic E-state index is -0.699. The van der Waals surface area contributed by atoms with Crippen molar-refractivity contribution < 1.29 is 19.4 Å². The maximum absolute atomic E-state index is 12.1. The van der Waals surface area contributed by atoms with Crippen LogP contribution in [0.15, 0.2) is 36.1 Å². The number of hydrogen-bond donors (Lipinski definition) is 2. The highest BCUT2D eigenvalue weighted by Crippen LogP contribution is 2.37. The molecule has 0 amide bonds. The topological polar surface area (TPSA) is 71.5 Å². The lowest BCUT2D eigenvalue weighted by Crippen LogP contribution is -2.28. The van der Waals surface area contributed by atoms with Gasteiger partial charge in [0.1, 0.15) is 0 Å². The summed E-state index contributed by atoms with van der Waals surface area (Å²) in [5, 5.41) is 12.5. The van der Waals surface area contributed by atoms with E-state index in [1.54, 1.807) is 12.1 Å². The van der Waals surface area contributed by atoms with E-state index in [0.717, 1.165) is 42.0 Å². The zero-order valence-corrected chi connectivity index (χ0v) is 26.3. The van der Waals surface area contributed by atoms with E-state index in [1.165, 1.54) is 38.3 Å². The van der Waals surface area contributed by atoms with Crippen molar-refractivity contribution in [3.8, 4) is 5.75 Å². The molecule has 6 heteroatoms. The quantitative estimate of drug-likeness (QED) is 0.316. The lowest BCUT2D eigenvalue weighted by atomic mass is 9.72. The predicted octanol–water partition coefficient (Wildman–Crippen LogP) is 9.59. The number of allylic oxidation sites excluding steroid dienone is 2. The van der Waals surface area contributed by atoms with Crippen LogP contribution in [-0.4, -0.2) is 28.6 Å². The Morgan fingerprint density at radius 3 is 2.15 bits per heavy atom. The molecule has 5 nitrogen and oxygen atoms in total. The Hall–Kier alpha value is -2.21. The zero-order valence-electron chi connectivity index (χ0n) is 26.3. The van der Waals surface area contributed by atoms with Crippen molar-refractivity contribution in [1.29, 1.82) is 0 Å². The third kappa shape index (κ3) is 14.1. The summed E-state index contributed by atoms with van der Waals surface area (Å²) in [6.45, 7) is 19.8. The van der Waals surface area contributed by atoms with Gasteiger partial charge in [-0.1, -0.05) is 86.8 Å². The second-order valence-corrected chi connectivity index (χ2v) is 11.0. The Bertz CT molecular complexity index is 838. The first-order chi connectivity index (χ1) is 18.7. The molecular formula is C33H57FN2O3. The fourth-order valence-electron chi connectivity index (χ4n) is 5.06. The molecule has 1 aromatic heterocycles. The van der Waals surface area contributed by atoms with Crippen molar-refractivity contribution in [2.24, 2.45) is 17.3 Å². The summed E-state index contributed by atoms with van der Waals surface area (Å²) in [5.74, 6) is 0.159. The maximum Gasteiger partial charge on any atom is 0.306 e. The van der Waals surface area contributed by atoms with E-state index in [0.29, 0.717) is 18.4 Å². The molecule has 2 unspecified atom stereocenters. The van der Waals surface area contributed by atoms with Gasteiger partial charge in [0.25, 0.3) is 0 Å². The summed E-state index contributed by atoms with van der Waals surface area (Å²) in [7, 11) is 0. The maximum atomic E-state index is 12.1. The summed E-state index contributed by atoms with van der Waals surface area (Å²) in [4.78, 5) is 18.9. The van der Waals surface area contributed by atoms with Crippen molar-refractivity contribution in [3.63, 3.8) is 0 Å². The van der Waals surface area contributed by atoms with E-state index in [-0.39, 0.29) is 17.7 Å². The van der Waals surface area contributed by atoms with E-state index in [9.17, 15) is 9.32 Å². The molecule has 0 aromatic carbocycles. The van der Waals surface area contributed by atoms with Gasteiger partial charge in [0, 0.05) is 17.1 Å². The number of aliphatic carboxylic acids is 1. The van der Waals surface area contributed by atoms with Gasteiger partial charge >= 0.3 is 5.97 Å². The number of pyridine rings is 1. The lowest BCUT2D eigenvalue weighted by molar-refractivity contribution is -0.141. The Balaban J connectivity index is 0.000000857. The summed E-state index contributed by atoms with van der Waals surface area (Å²) in [6.07, 6.45) is 16.0. The number of rotatable bonds is 8. The number of carboxylic acid groups (broad SMARTS) is 1. The minimum absolute atomic E-state index is 0.0846. The molecule has 0 radical (unpaired) electrons. The van der Waals surface area contributed by atoms with Crippen LogP contribution in [0, 0.1) is 17.3 Å². The van der Waals surface area contributed by atoms with Crippen LogP contribution in [0.25, 0.3) is 5.57 Å². The molecular weight excluding hydrogens is 491 g/mol. The number of halogens is 1. The largest absolute Gasteiger partial charge is 0.481 e. The molecule has 1 heterocycles. The Labute approximate surface area is 238 Å². The van der Waals surface area contributed by atoms with Gasteiger partial charge in [0.2, 0.25) is 0 Å². The summed E-state index contributed by atoms with van der Waals surface area (Å²) in [6, 6.07) is 3.53. The van der Waals surface area contributed by atoms with Gasteiger partial charge in [-0.15, -0.1) is 0 Å². The molecule has 3 rings (SSSR count). The van der Waals surface area contributed by atoms with Crippen LogP contribution in [0.1, 0.15) is 126 Å². The average molecular weight is 549 g/mol. The lowest BCUT2D eigenvalue weighted by Gasteiger charge is -2.33. The molecule has 0 spiro atoms. The fraction of sp³-hybridized carbons (Fsp3) is 0.697. The number of nitrogens with zero attached hydrogens (tertiary/aromatic N) is 1. The normalized spacial score (nSPS) is 19.9. The van der Waals surface area contributed by atoms with E-state index in [4.69, 9.17) is 5.11 Å². The third-order valence-corrected chi connectivity index (χ3v) is 7.47. The molecule has 1 aromatic rings. The standard InChI is InChI=1S/C19H25FN2O3.C10H20.2C2H6/c1-3-13(11-21-16-6-5-15(10-16)19(23)24)9-14(4-2)18-8-7-17(25-20)12-22-18;1-10(2,3)9-7-5-4-6-8-9;2*1-2/h3,7-9,12,15-16,21H,4-6,10-11H2,1-2H3,(H,23,24);9H,4-8H2,1-3H3;2*1-2H3/b13-3+,14-9+;;;. The van der Waals surface area contributed by atoms with Gasteiger partial charge in [-0.2, -0.15) is 0 Å². The van der Waals surface area contributed by atoms with Crippen molar-refractivity contribution in [2.45, 2.75) is 126 Å². The molecule has 0 bridgehead atoms. The van der Waals surface area contributed by atoms with Crippen molar-refractivity contribution in [1.82, 2.24) is 10.3 Å². The Morgan fingerprint density at radius 2 is 1.74 bits per heavy atom. The first-order valence-corrected chi connectivity index (χ1v) is 15.2. The van der Waals surface area contributed by atoms with Gasteiger partial charge in [-0.3, -0.25) is 14.7 Å².